The maximum atomic E-state index is 11.1. The molecular formula is C6H13N3O4S. The van der Waals surface area contributed by atoms with Gasteiger partial charge in [0.2, 0.25) is 5.91 Å². The summed E-state index contributed by atoms with van der Waals surface area (Å²) in [6.45, 7) is -0.0768. The summed E-state index contributed by atoms with van der Waals surface area (Å²) < 4.78 is 0. The van der Waals surface area contributed by atoms with Gasteiger partial charge in [0, 0.05) is 12.3 Å². The number of nitrogens with one attached hydrogen (secondary N) is 1. The highest BCUT2D eigenvalue weighted by Crippen LogP contribution is 1.94. The van der Waals surface area contributed by atoms with Crippen LogP contribution in [0.15, 0.2) is 0 Å². The quantitative estimate of drug-likeness (QED) is 0.325. The molecule has 0 unspecified atom stereocenters. The average molecular weight is 223 g/mol. The minimum atomic E-state index is -0.909. The van der Waals surface area contributed by atoms with E-state index in [1.54, 1.807) is 0 Å². The number of nitrogens with two attached hydrogens (primary N) is 1. The number of thioether (sulfide) groups is 1. The fourth-order valence-electron chi connectivity index (χ4n) is 0.681. The van der Waals surface area contributed by atoms with E-state index in [1.165, 1.54) is 11.8 Å². The molecule has 0 fully saturated rings. The van der Waals surface area contributed by atoms with Gasteiger partial charge in [0.05, 0.1) is 6.04 Å². The Bertz CT molecular complexity index is 202. The van der Waals surface area contributed by atoms with Crippen molar-refractivity contribution < 1.29 is 14.7 Å². The Kier molecular flexibility index (Phi) is 6.85. The van der Waals surface area contributed by atoms with Crippen molar-refractivity contribution in [2.45, 2.75) is 6.04 Å². The van der Waals surface area contributed by atoms with Gasteiger partial charge in [-0.15, -0.1) is 10.1 Å². The van der Waals surface area contributed by atoms with E-state index in [1.807, 2.05) is 6.26 Å². The number of amides is 1. The average Bonchev–Trinajstić information content (AvgIpc) is 2.12. The molecule has 82 valence electrons. The molecule has 0 aromatic heterocycles. The first-order chi connectivity index (χ1) is 6.57. The molecule has 0 spiro atoms. The Morgan fingerprint density at radius 2 is 2.43 bits per heavy atom. The van der Waals surface area contributed by atoms with Crippen LogP contribution in [0.1, 0.15) is 0 Å². The first-order valence-electron chi connectivity index (χ1n) is 3.87. The molecule has 0 aliphatic heterocycles. The van der Waals surface area contributed by atoms with Gasteiger partial charge < -0.3 is 15.9 Å². The maximum Gasteiger partial charge on any atom is 0.294 e. The van der Waals surface area contributed by atoms with E-state index < -0.39 is 11.1 Å². The molecule has 14 heavy (non-hydrogen) atoms. The molecule has 0 radical (unpaired) electrons. The number of nitrogens with zero attached hydrogens (tertiary/aromatic N) is 1. The van der Waals surface area contributed by atoms with Crippen LogP contribution in [0, 0.1) is 10.1 Å². The van der Waals surface area contributed by atoms with Gasteiger partial charge in [0.15, 0.2) is 0 Å². The van der Waals surface area contributed by atoms with Crippen molar-refractivity contribution in [3.8, 4) is 0 Å². The number of carbonyl (C=O) groups is 1. The number of rotatable bonds is 7. The lowest BCUT2D eigenvalue weighted by molar-refractivity contribution is -0.757. The number of hydrogen-bond donors (Lipinski definition) is 2. The zero-order chi connectivity index (χ0) is 11.0. The smallest absolute Gasteiger partial charge is 0.294 e. The van der Waals surface area contributed by atoms with Crippen molar-refractivity contribution in [3.05, 3.63) is 10.1 Å². The monoisotopic (exact) mass is 223 g/mol. The van der Waals surface area contributed by atoms with E-state index in [9.17, 15) is 14.9 Å². The minimum Gasteiger partial charge on any atom is -0.353 e. The molecule has 0 rings (SSSR count). The molecule has 0 heterocycles. The van der Waals surface area contributed by atoms with E-state index in [0.29, 0.717) is 5.75 Å². The van der Waals surface area contributed by atoms with Crippen LogP contribution in [0.2, 0.25) is 0 Å². The highest BCUT2D eigenvalue weighted by Gasteiger charge is 2.11. The third-order valence-electron chi connectivity index (χ3n) is 1.28. The normalized spacial score (nSPS) is 11.9. The van der Waals surface area contributed by atoms with Gasteiger partial charge >= 0.3 is 0 Å². The van der Waals surface area contributed by atoms with Crippen molar-refractivity contribution in [2.75, 3.05) is 25.2 Å². The topological polar surface area (TPSA) is 107 Å². The van der Waals surface area contributed by atoms with Gasteiger partial charge in [0.25, 0.3) is 5.09 Å². The van der Waals surface area contributed by atoms with Crippen LogP contribution in [0.5, 0.6) is 0 Å². The molecule has 0 aromatic carbocycles. The van der Waals surface area contributed by atoms with Gasteiger partial charge in [-0.25, -0.2) is 0 Å². The van der Waals surface area contributed by atoms with Crippen LogP contribution in [-0.4, -0.2) is 42.2 Å². The molecular weight excluding hydrogens is 210 g/mol. The highest BCUT2D eigenvalue weighted by atomic mass is 32.2. The molecule has 3 N–H and O–H groups in total. The first-order valence-corrected chi connectivity index (χ1v) is 5.27. The summed E-state index contributed by atoms with van der Waals surface area (Å²) in [4.78, 5) is 24.8. The van der Waals surface area contributed by atoms with Crippen LogP contribution in [0.3, 0.4) is 0 Å². The molecule has 8 heteroatoms. The molecule has 1 atom stereocenters. The zero-order valence-electron chi connectivity index (χ0n) is 7.76. The predicted octanol–water partition coefficient (Wildman–Crippen LogP) is -0.999. The van der Waals surface area contributed by atoms with Gasteiger partial charge in [-0.05, 0) is 6.26 Å². The Morgan fingerprint density at radius 3 is 2.93 bits per heavy atom. The minimum absolute atomic E-state index is 0.0852. The van der Waals surface area contributed by atoms with E-state index in [4.69, 9.17) is 5.73 Å². The SMILES string of the molecule is CSC[C@H](N)C(=O)NCCO[N+](=O)[O-]. The molecule has 7 nitrogen and oxygen atoms in total. The van der Waals surface area contributed by atoms with Crippen LogP contribution in [-0.2, 0) is 9.63 Å². The van der Waals surface area contributed by atoms with Crippen molar-refractivity contribution in [1.29, 1.82) is 0 Å². The summed E-state index contributed by atoms with van der Waals surface area (Å²) in [6.07, 6.45) is 1.84. The lowest BCUT2D eigenvalue weighted by Gasteiger charge is -2.09. The second-order valence-electron chi connectivity index (χ2n) is 2.41. The second kappa shape index (κ2) is 7.39. The van der Waals surface area contributed by atoms with Crippen LogP contribution in [0.25, 0.3) is 0 Å². The Balaban J connectivity index is 3.48. The second-order valence-corrected chi connectivity index (χ2v) is 3.32. The van der Waals surface area contributed by atoms with Crippen molar-refractivity contribution >= 4 is 17.7 Å². The van der Waals surface area contributed by atoms with Crippen molar-refractivity contribution in [3.63, 3.8) is 0 Å². The number of carbonyl (C=O) groups excluding carboxylic acids is 1. The summed E-state index contributed by atoms with van der Waals surface area (Å²) in [7, 11) is 0. The fourth-order valence-corrected chi connectivity index (χ4v) is 1.19. The first kappa shape index (κ1) is 13.0. The lowest BCUT2D eigenvalue weighted by Crippen LogP contribution is -2.43. The van der Waals surface area contributed by atoms with E-state index in [-0.39, 0.29) is 19.1 Å². The molecule has 0 saturated carbocycles. The Labute approximate surface area is 85.5 Å². The standard InChI is InChI=1S/C6H13N3O4S/c1-14-4-5(7)6(10)8-2-3-13-9(11)12/h5H,2-4,7H2,1H3,(H,8,10)/t5-/m0/s1. The van der Waals surface area contributed by atoms with E-state index in [0.717, 1.165) is 0 Å². The third kappa shape index (κ3) is 6.49. The summed E-state index contributed by atoms with van der Waals surface area (Å²) in [6, 6.07) is -0.583. The summed E-state index contributed by atoms with van der Waals surface area (Å²) in [5.74, 6) is 0.188. The van der Waals surface area contributed by atoms with Gasteiger partial charge in [-0.2, -0.15) is 11.8 Å². The maximum absolute atomic E-state index is 11.1. The predicted molar refractivity (Wildman–Crippen MR) is 52.3 cm³/mol. The zero-order valence-corrected chi connectivity index (χ0v) is 8.58. The largest absolute Gasteiger partial charge is 0.353 e. The number of hydrogen-bond acceptors (Lipinski definition) is 6. The van der Waals surface area contributed by atoms with Gasteiger partial charge in [-0.1, -0.05) is 0 Å². The van der Waals surface area contributed by atoms with Gasteiger partial charge in [-0.3, -0.25) is 4.79 Å². The summed E-state index contributed by atoms with van der Waals surface area (Å²) in [5, 5.41) is 11.2. The molecule has 0 bridgehead atoms. The molecule has 0 aromatic rings. The van der Waals surface area contributed by atoms with E-state index in [2.05, 4.69) is 10.2 Å². The molecule has 1 amide bonds. The van der Waals surface area contributed by atoms with Crippen LogP contribution >= 0.6 is 11.8 Å². The Hall–Kier alpha value is -1.02. The molecule has 0 aliphatic rings. The van der Waals surface area contributed by atoms with Gasteiger partial charge in [0.1, 0.15) is 6.61 Å². The molecule has 0 aliphatic carbocycles. The fraction of sp³-hybridized carbons (Fsp3) is 0.833. The van der Waals surface area contributed by atoms with Crippen molar-refractivity contribution in [2.24, 2.45) is 5.73 Å². The van der Waals surface area contributed by atoms with Crippen LogP contribution < -0.4 is 11.1 Å². The third-order valence-corrected chi connectivity index (χ3v) is 1.97. The summed E-state index contributed by atoms with van der Waals surface area (Å²) >= 11 is 1.46. The Morgan fingerprint density at radius 1 is 1.79 bits per heavy atom. The lowest BCUT2D eigenvalue weighted by atomic mass is 10.3. The summed E-state index contributed by atoms with van der Waals surface area (Å²) in [5.41, 5.74) is 5.46. The van der Waals surface area contributed by atoms with Crippen molar-refractivity contribution in [1.82, 2.24) is 5.32 Å². The van der Waals surface area contributed by atoms with Crippen LogP contribution in [0.4, 0.5) is 0 Å². The molecule has 0 saturated heterocycles. The van der Waals surface area contributed by atoms with E-state index >= 15 is 0 Å². The highest BCUT2D eigenvalue weighted by molar-refractivity contribution is 7.98.